The van der Waals surface area contributed by atoms with Gasteiger partial charge in [0.15, 0.2) is 0 Å². The van der Waals surface area contributed by atoms with Gasteiger partial charge in [0.25, 0.3) is 0 Å². The van der Waals surface area contributed by atoms with Gasteiger partial charge in [-0.2, -0.15) is 0 Å². The van der Waals surface area contributed by atoms with Crippen molar-refractivity contribution in [3.05, 3.63) is 72.6 Å². The van der Waals surface area contributed by atoms with Crippen LogP contribution in [-0.4, -0.2) is 22.2 Å². The molecule has 0 aliphatic rings. The summed E-state index contributed by atoms with van der Waals surface area (Å²) in [5.74, 6) is -0.120. The molecule has 2 aromatic carbocycles. The van der Waals surface area contributed by atoms with Crippen molar-refractivity contribution in [2.75, 3.05) is 6.67 Å². The Balaban J connectivity index is 1.63. The third kappa shape index (κ3) is 3.60. The third-order valence-corrected chi connectivity index (χ3v) is 4.87. The lowest BCUT2D eigenvalue weighted by atomic mass is 10.1. The highest BCUT2D eigenvalue weighted by molar-refractivity contribution is 6.05. The number of benzene rings is 2. The number of ether oxygens (including phenoxy) is 1. The number of fused-ring (bicyclic) bond motifs is 2. The Morgan fingerprint density at radius 3 is 2.61 bits per heavy atom. The molecule has 2 aromatic heterocycles. The van der Waals surface area contributed by atoms with Crippen molar-refractivity contribution in [3.63, 3.8) is 0 Å². The molecule has 5 heteroatoms. The molecule has 0 bridgehead atoms. The Bertz CT molecular complexity index is 1110. The van der Waals surface area contributed by atoms with Crippen molar-refractivity contribution in [1.82, 2.24) is 9.55 Å². The summed E-state index contributed by atoms with van der Waals surface area (Å²) in [5.41, 5.74) is 1.48. The number of carbonyl (C=O) groups excluding carboxylic acids is 1. The van der Waals surface area contributed by atoms with Crippen molar-refractivity contribution in [2.45, 2.75) is 25.8 Å². The van der Waals surface area contributed by atoms with E-state index in [4.69, 9.17) is 4.74 Å². The molecule has 0 spiro atoms. The highest BCUT2D eigenvalue weighted by Gasteiger charge is 2.18. The third-order valence-electron chi connectivity index (χ3n) is 4.87. The molecule has 4 aromatic rings. The first-order chi connectivity index (χ1) is 13.8. The van der Waals surface area contributed by atoms with Crippen LogP contribution in [0.4, 0.5) is 4.39 Å². The molecule has 2 heterocycles. The van der Waals surface area contributed by atoms with E-state index in [1.54, 1.807) is 6.20 Å². The van der Waals surface area contributed by atoms with Gasteiger partial charge in [0.1, 0.15) is 0 Å². The minimum atomic E-state index is -0.428. The number of aromatic nitrogens is 2. The van der Waals surface area contributed by atoms with E-state index in [-0.39, 0.29) is 6.67 Å². The van der Waals surface area contributed by atoms with Crippen LogP contribution in [0.2, 0.25) is 0 Å². The Morgan fingerprint density at radius 2 is 1.75 bits per heavy atom. The quantitative estimate of drug-likeness (QED) is 0.314. The zero-order chi connectivity index (χ0) is 19.3. The number of rotatable bonds is 7. The van der Waals surface area contributed by atoms with Gasteiger partial charge in [-0.05, 0) is 42.8 Å². The SMILES string of the molecule is O=C(Oc1nccc2ccccc12)c1cn(CCCCCF)c2ccccc12. The number of aryl methyl sites for hydroxylation is 1. The van der Waals surface area contributed by atoms with Crippen LogP contribution >= 0.6 is 0 Å². The van der Waals surface area contributed by atoms with Gasteiger partial charge in [-0.3, -0.25) is 4.39 Å². The fourth-order valence-corrected chi connectivity index (χ4v) is 3.46. The Hall–Kier alpha value is -3.21. The Morgan fingerprint density at radius 1 is 0.964 bits per heavy atom. The second kappa shape index (κ2) is 8.21. The molecule has 0 atom stereocenters. The molecule has 28 heavy (non-hydrogen) atoms. The number of alkyl halides is 1. The summed E-state index contributed by atoms with van der Waals surface area (Å²) in [5, 5.41) is 2.61. The maximum absolute atomic E-state index is 12.9. The minimum absolute atomic E-state index is 0.290. The average Bonchev–Trinajstić information content (AvgIpc) is 3.10. The summed E-state index contributed by atoms with van der Waals surface area (Å²) in [7, 11) is 0. The van der Waals surface area contributed by atoms with E-state index in [1.165, 1.54) is 0 Å². The summed E-state index contributed by atoms with van der Waals surface area (Å²) in [6, 6.07) is 17.3. The maximum atomic E-state index is 12.9. The number of unbranched alkanes of at least 4 members (excludes halogenated alkanes) is 2. The monoisotopic (exact) mass is 376 g/mol. The van der Waals surface area contributed by atoms with Crippen LogP contribution in [0, 0.1) is 0 Å². The lowest BCUT2D eigenvalue weighted by molar-refractivity contribution is 0.0732. The first-order valence-electron chi connectivity index (χ1n) is 9.47. The molecule has 0 saturated carbocycles. The minimum Gasteiger partial charge on any atom is -0.403 e. The fraction of sp³-hybridized carbons (Fsp3) is 0.217. The average molecular weight is 376 g/mol. The number of nitrogens with zero attached hydrogens (tertiary/aromatic N) is 2. The Labute approximate surface area is 162 Å². The van der Waals surface area contributed by atoms with Gasteiger partial charge in [-0.15, -0.1) is 0 Å². The molecule has 0 aliphatic carbocycles. The highest BCUT2D eigenvalue weighted by atomic mass is 19.1. The normalized spacial score (nSPS) is 11.2. The summed E-state index contributed by atoms with van der Waals surface area (Å²) in [4.78, 5) is 17.2. The molecule has 142 valence electrons. The number of halogens is 1. The van der Waals surface area contributed by atoms with Crippen LogP contribution in [0.15, 0.2) is 67.0 Å². The van der Waals surface area contributed by atoms with Gasteiger partial charge in [0.2, 0.25) is 5.88 Å². The number of para-hydroxylation sites is 1. The van der Waals surface area contributed by atoms with Crippen LogP contribution in [0.25, 0.3) is 21.7 Å². The largest absolute Gasteiger partial charge is 0.403 e. The molecule has 0 saturated heterocycles. The zero-order valence-corrected chi connectivity index (χ0v) is 15.5. The van der Waals surface area contributed by atoms with Crippen LogP contribution in [0.3, 0.4) is 0 Å². The fourth-order valence-electron chi connectivity index (χ4n) is 3.46. The Kier molecular flexibility index (Phi) is 5.33. The number of pyridine rings is 1. The summed E-state index contributed by atoms with van der Waals surface area (Å²) in [6.45, 7) is 0.447. The second-order valence-corrected chi connectivity index (χ2v) is 6.73. The summed E-state index contributed by atoms with van der Waals surface area (Å²) in [6.07, 6.45) is 5.72. The lowest BCUT2D eigenvalue weighted by Gasteiger charge is -2.06. The van der Waals surface area contributed by atoms with Gasteiger partial charge >= 0.3 is 5.97 Å². The predicted molar refractivity (Wildman–Crippen MR) is 108 cm³/mol. The molecule has 4 rings (SSSR count). The molecule has 0 N–H and O–H groups in total. The van der Waals surface area contributed by atoms with E-state index in [2.05, 4.69) is 4.98 Å². The number of hydrogen-bond donors (Lipinski definition) is 0. The standard InChI is InChI=1S/C23H21FN2O2/c24-13-6-1-7-15-26-16-20(19-10-4-5-11-21(19)26)23(27)28-22-18-9-3-2-8-17(18)12-14-25-22/h2-5,8-12,14,16H,1,6-7,13,15H2. The van der Waals surface area contributed by atoms with Crippen LogP contribution in [0.1, 0.15) is 29.6 Å². The van der Waals surface area contributed by atoms with Gasteiger partial charge in [-0.1, -0.05) is 36.4 Å². The molecule has 0 fully saturated rings. The molecule has 0 aliphatic heterocycles. The number of carbonyl (C=O) groups is 1. The summed E-state index contributed by atoms with van der Waals surface area (Å²) >= 11 is 0. The zero-order valence-electron chi connectivity index (χ0n) is 15.5. The van der Waals surface area contributed by atoms with Gasteiger partial charge in [-0.25, -0.2) is 9.78 Å². The van der Waals surface area contributed by atoms with E-state index < -0.39 is 5.97 Å². The molecule has 4 nitrogen and oxygen atoms in total. The van der Waals surface area contributed by atoms with Crippen molar-refractivity contribution in [2.24, 2.45) is 0 Å². The van der Waals surface area contributed by atoms with Crippen molar-refractivity contribution < 1.29 is 13.9 Å². The first-order valence-corrected chi connectivity index (χ1v) is 9.47. The number of hydrogen-bond acceptors (Lipinski definition) is 3. The van der Waals surface area contributed by atoms with Gasteiger partial charge in [0, 0.05) is 35.2 Å². The molecule has 0 unspecified atom stereocenters. The predicted octanol–water partition coefficient (Wildman–Crippen LogP) is 5.55. The van der Waals surface area contributed by atoms with Crippen molar-refractivity contribution in [3.8, 4) is 5.88 Å². The van der Waals surface area contributed by atoms with E-state index in [0.29, 0.717) is 17.9 Å². The summed E-state index contributed by atoms with van der Waals surface area (Å²) < 4.78 is 20.0. The van der Waals surface area contributed by atoms with E-state index in [0.717, 1.165) is 41.1 Å². The number of esters is 1. The molecular formula is C23H21FN2O2. The van der Waals surface area contributed by atoms with Crippen LogP contribution < -0.4 is 4.74 Å². The molecular weight excluding hydrogens is 355 g/mol. The first kappa shape index (κ1) is 18.2. The smallest absolute Gasteiger partial charge is 0.347 e. The van der Waals surface area contributed by atoms with Gasteiger partial charge < -0.3 is 9.30 Å². The van der Waals surface area contributed by atoms with Crippen LogP contribution in [0.5, 0.6) is 5.88 Å². The van der Waals surface area contributed by atoms with Crippen LogP contribution in [-0.2, 0) is 6.54 Å². The van der Waals surface area contributed by atoms with Crippen molar-refractivity contribution in [1.29, 1.82) is 0 Å². The van der Waals surface area contributed by atoms with Gasteiger partial charge in [0.05, 0.1) is 12.2 Å². The van der Waals surface area contributed by atoms with E-state index >= 15 is 0 Å². The highest BCUT2D eigenvalue weighted by Crippen LogP contribution is 2.26. The van der Waals surface area contributed by atoms with E-state index in [1.807, 2.05) is 65.4 Å². The van der Waals surface area contributed by atoms with E-state index in [9.17, 15) is 9.18 Å². The topological polar surface area (TPSA) is 44.1 Å². The van der Waals surface area contributed by atoms with Crippen molar-refractivity contribution >= 4 is 27.6 Å². The lowest BCUT2D eigenvalue weighted by Crippen LogP contribution is -2.09. The molecule has 0 amide bonds. The molecule has 0 radical (unpaired) electrons. The second-order valence-electron chi connectivity index (χ2n) is 6.73. The maximum Gasteiger partial charge on any atom is 0.347 e.